The third-order valence-electron chi connectivity index (χ3n) is 2.22. The molecule has 1 aromatic carbocycles. The Morgan fingerprint density at radius 3 is 2.53 bits per heavy atom. The predicted octanol–water partition coefficient (Wildman–Crippen LogP) is 3.60. The molecule has 0 fully saturated rings. The van der Waals surface area contributed by atoms with Crippen molar-refractivity contribution in [2.75, 3.05) is 5.32 Å². The molecule has 0 bridgehead atoms. The van der Waals surface area contributed by atoms with E-state index in [2.05, 4.69) is 43.8 Å². The molecule has 0 aliphatic heterocycles. The molecule has 2 aromatic rings. The monoisotopic (exact) mass is 435 g/mol. The SMILES string of the molecule is O=C(O)c1ccc(C(=O)Nc2cc(I)ccc2Br)o1. The number of aromatic carboxylic acids is 1. The van der Waals surface area contributed by atoms with E-state index in [4.69, 9.17) is 9.52 Å². The van der Waals surface area contributed by atoms with Gasteiger partial charge >= 0.3 is 5.97 Å². The molecule has 0 spiro atoms. The number of hydrogen-bond acceptors (Lipinski definition) is 3. The van der Waals surface area contributed by atoms with E-state index >= 15 is 0 Å². The van der Waals surface area contributed by atoms with E-state index < -0.39 is 11.9 Å². The molecule has 0 aliphatic rings. The molecule has 0 saturated carbocycles. The Kier molecular flexibility index (Phi) is 4.25. The van der Waals surface area contributed by atoms with Crippen LogP contribution >= 0.6 is 38.5 Å². The second kappa shape index (κ2) is 5.74. The van der Waals surface area contributed by atoms with E-state index in [0.29, 0.717) is 5.69 Å². The van der Waals surface area contributed by atoms with Crippen molar-refractivity contribution in [3.8, 4) is 0 Å². The van der Waals surface area contributed by atoms with Crippen LogP contribution < -0.4 is 5.32 Å². The topological polar surface area (TPSA) is 79.5 Å². The first-order chi connectivity index (χ1) is 8.97. The lowest BCUT2D eigenvalue weighted by molar-refractivity contribution is 0.0660. The lowest BCUT2D eigenvalue weighted by atomic mass is 10.3. The van der Waals surface area contributed by atoms with Crippen LogP contribution in [0.2, 0.25) is 0 Å². The highest BCUT2D eigenvalue weighted by atomic mass is 127. The molecule has 2 N–H and O–H groups in total. The molecule has 0 radical (unpaired) electrons. The van der Waals surface area contributed by atoms with Crippen LogP contribution in [0.15, 0.2) is 39.2 Å². The maximum absolute atomic E-state index is 11.9. The van der Waals surface area contributed by atoms with E-state index in [1.54, 1.807) is 6.07 Å². The number of benzene rings is 1. The minimum atomic E-state index is -1.21. The minimum absolute atomic E-state index is 0.0526. The van der Waals surface area contributed by atoms with Crippen molar-refractivity contribution >= 4 is 56.1 Å². The Hall–Kier alpha value is -1.35. The van der Waals surface area contributed by atoms with Crippen molar-refractivity contribution < 1.29 is 19.1 Å². The molecular weight excluding hydrogens is 429 g/mol. The summed E-state index contributed by atoms with van der Waals surface area (Å²) in [6, 6.07) is 8.03. The van der Waals surface area contributed by atoms with Crippen molar-refractivity contribution in [3.63, 3.8) is 0 Å². The van der Waals surface area contributed by atoms with Crippen molar-refractivity contribution in [1.29, 1.82) is 0 Å². The van der Waals surface area contributed by atoms with Crippen LogP contribution in [0.5, 0.6) is 0 Å². The summed E-state index contributed by atoms with van der Waals surface area (Å²) in [5, 5.41) is 11.4. The zero-order valence-corrected chi connectivity index (χ0v) is 13.1. The summed E-state index contributed by atoms with van der Waals surface area (Å²) < 4.78 is 6.61. The van der Waals surface area contributed by atoms with Gasteiger partial charge in [0.15, 0.2) is 5.76 Å². The molecule has 1 amide bonds. The van der Waals surface area contributed by atoms with E-state index in [1.807, 2.05) is 12.1 Å². The molecule has 0 saturated heterocycles. The fourth-order valence-corrected chi connectivity index (χ4v) is 2.19. The van der Waals surface area contributed by atoms with Gasteiger partial charge in [-0.25, -0.2) is 4.79 Å². The van der Waals surface area contributed by atoms with Gasteiger partial charge in [0.25, 0.3) is 5.91 Å². The first-order valence-electron chi connectivity index (χ1n) is 5.07. The summed E-state index contributed by atoms with van der Waals surface area (Å²) in [6.07, 6.45) is 0. The van der Waals surface area contributed by atoms with Crippen LogP contribution in [0.4, 0.5) is 5.69 Å². The maximum atomic E-state index is 11.9. The molecule has 2 rings (SSSR count). The van der Waals surface area contributed by atoms with Crippen molar-refractivity contribution in [2.45, 2.75) is 0 Å². The fourth-order valence-electron chi connectivity index (χ4n) is 1.35. The summed E-state index contributed by atoms with van der Waals surface area (Å²) in [4.78, 5) is 22.6. The third-order valence-corrected chi connectivity index (χ3v) is 3.58. The molecule has 1 heterocycles. The molecule has 19 heavy (non-hydrogen) atoms. The van der Waals surface area contributed by atoms with Crippen LogP contribution in [0.3, 0.4) is 0 Å². The summed E-state index contributed by atoms with van der Waals surface area (Å²) >= 11 is 5.44. The number of carbonyl (C=O) groups is 2. The van der Waals surface area contributed by atoms with Gasteiger partial charge in [-0.2, -0.15) is 0 Å². The number of anilines is 1. The van der Waals surface area contributed by atoms with Gasteiger partial charge in [0.2, 0.25) is 5.76 Å². The minimum Gasteiger partial charge on any atom is -0.475 e. The standard InChI is InChI=1S/C12H7BrINO4/c13-7-2-1-6(14)5-8(7)15-11(16)9-3-4-10(19-9)12(17)18/h1-5H,(H,15,16)(H,17,18). The molecule has 0 atom stereocenters. The lowest BCUT2D eigenvalue weighted by Gasteiger charge is -2.06. The number of nitrogens with one attached hydrogen (secondary N) is 1. The molecule has 0 aliphatic carbocycles. The van der Waals surface area contributed by atoms with Gasteiger partial charge < -0.3 is 14.8 Å². The lowest BCUT2D eigenvalue weighted by Crippen LogP contribution is -2.11. The Labute approximate surface area is 130 Å². The highest BCUT2D eigenvalue weighted by Gasteiger charge is 2.15. The van der Waals surface area contributed by atoms with Crippen molar-refractivity contribution in [2.24, 2.45) is 0 Å². The molecule has 5 nitrogen and oxygen atoms in total. The van der Waals surface area contributed by atoms with E-state index in [9.17, 15) is 9.59 Å². The fraction of sp³-hybridized carbons (Fsp3) is 0. The van der Waals surface area contributed by atoms with Crippen LogP contribution in [0, 0.1) is 3.57 Å². The van der Waals surface area contributed by atoms with Gasteiger partial charge in [-0.1, -0.05) is 0 Å². The summed E-state index contributed by atoms with van der Waals surface area (Å²) in [5.41, 5.74) is 0.588. The average molecular weight is 436 g/mol. The van der Waals surface area contributed by atoms with Crippen molar-refractivity contribution in [1.82, 2.24) is 0 Å². The van der Waals surface area contributed by atoms with Crippen LogP contribution in [0.25, 0.3) is 0 Å². The summed E-state index contributed by atoms with van der Waals surface area (Å²) in [6.45, 7) is 0. The van der Waals surface area contributed by atoms with Crippen LogP contribution in [0.1, 0.15) is 21.1 Å². The van der Waals surface area contributed by atoms with E-state index in [-0.39, 0.29) is 11.5 Å². The summed E-state index contributed by atoms with van der Waals surface area (Å²) in [5.74, 6) is -2.04. The number of furan rings is 1. The number of halogens is 2. The largest absolute Gasteiger partial charge is 0.475 e. The highest BCUT2D eigenvalue weighted by Crippen LogP contribution is 2.25. The molecule has 7 heteroatoms. The van der Waals surface area contributed by atoms with E-state index in [1.165, 1.54) is 12.1 Å². The van der Waals surface area contributed by atoms with Gasteiger partial charge in [0.05, 0.1) is 5.69 Å². The van der Waals surface area contributed by atoms with Gasteiger partial charge in [-0.15, -0.1) is 0 Å². The van der Waals surface area contributed by atoms with Crippen molar-refractivity contribution in [3.05, 3.63) is 49.9 Å². The first kappa shape index (κ1) is 14.1. The van der Waals surface area contributed by atoms with Crippen LogP contribution in [-0.4, -0.2) is 17.0 Å². The Morgan fingerprint density at radius 2 is 1.89 bits per heavy atom. The second-order valence-corrected chi connectivity index (χ2v) is 5.65. The van der Waals surface area contributed by atoms with Gasteiger partial charge in [0.1, 0.15) is 0 Å². The Bertz CT molecular complexity index is 653. The summed E-state index contributed by atoms with van der Waals surface area (Å²) in [7, 11) is 0. The second-order valence-electron chi connectivity index (χ2n) is 3.55. The number of carboxylic acids is 1. The Morgan fingerprint density at radius 1 is 1.21 bits per heavy atom. The third kappa shape index (κ3) is 3.35. The maximum Gasteiger partial charge on any atom is 0.371 e. The number of rotatable bonds is 3. The number of carbonyl (C=O) groups excluding carboxylic acids is 1. The zero-order valence-electron chi connectivity index (χ0n) is 9.31. The number of hydrogen-bond donors (Lipinski definition) is 2. The van der Waals surface area contributed by atoms with E-state index in [0.717, 1.165) is 8.04 Å². The first-order valence-corrected chi connectivity index (χ1v) is 6.94. The smallest absolute Gasteiger partial charge is 0.371 e. The molecule has 1 aromatic heterocycles. The molecule has 98 valence electrons. The van der Waals surface area contributed by atoms with Gasteiger partial charge in [-0.05, 0) is 68.9 Å². The van der Waals surface area contributed by atoms with Gasteiger partial charge in [-0.3, -0.25) is 4.79 Å². The molecular formula is C12H7BrINO4. The average Bonchev–Trinajstić information content (AvgIpc) is 2.83. The zero-order chi connectivity index (χ0) is 14.0. The predicted molar refractivity (Wildman–Crippen MR) is 80.5 cm³/mol. The number of carboxylic acid groups (broad SMARTS) is 1. The van der Waals surface area contributed by atoms with Gasteiger partial charge in [0, 0.05) is 8.04 Å². The quantitative estimate of drug-likeness (QED) is 0.722. The number of amides is 1. The van der Waals surface area contributed by atoms with Crippen LogP contribution in [-0.2, 0) is 0 Å². The highest BCUT2D eigenvalue weighted by molar-refractivity contribution is 14.1. The molecule has 0 unspecified atom stereocenters. The Balaban J connectivity index is 2.20. The normalized spacial score (nSPS) is 10.2.